The first-order valence-corrected chi connectivity index (χ1v) is 17.8. The van der Waals surface area contributed by atoms with Crippen LogP contribution in [0.4, 0.5) is 0 Å². The number of morpholine rings is 1. The zero-order chi connectivity index (χ0) is 29.8. The molecule has 0 atom stereocenters. The van der Waals surface area contributed by atoms with Crippen LogP contribution >= 0.6 is 0 Å². The Morgan fingerprint density at radius 2 is 1.93 bits per heavy atom. The molecule has 4 rings (SSSR count). The van der Waals surface area contributed by atoms with Crippen molar-refractivity contribution in [2.45, 2.75) is 78.7 Å². The van der Waals surface area contributed by atoms with Gasteiger partial charge in [-0.15, -0.1) is 0 Å². The normalized spacial score (nSPS) is 15.1. The Balaban J connectivity index is 1.66. The van der Waals surface area contributed by atoms with Crippen molar-refractivity contribution in [1.82, 2.24) is 19.7 Å². The number of aromatic nitrogens is 3. The number of nitrogens with zero attached hydrogens (tertiary/aromatic N) is 3. The number of para-hydroxylation sites is 1. The summed E-state index contributed by atoms with van der Waals surface area (Å²) in [5.74, 6) is -0.352. The van der Waals surface area contributed by atoms with Crippen LogP contribution in [0.5, 0.6) is 0 Å². The van der Waals surface area contributed by atoms with Crippen molar-refractivity contribution in [3.05, 3.63) is 40.8 Å². The Kier molecular flexibility index (Phi) is 10.1. The van der Waals surface area contributed by atoms with Gasteiger partial charge in [-0.3, -0.25) is 9.58 Å². The number of carbonyl (C=O) groups is 1. The molecule has 0 unspecified atom stereocenters. The van der Waals surface area contributed by atoms with Gasteiger partial charge in [-0.05, 0) is 50.4 Å². The largest absolute Gasteiger partial charge is 0.461 e. The van der Waals surface area contributed by atoms with E-state index in [-0.39, 0.29) is 17.6 Å². The lowest BCUT2D eigenvalue weighted by molar-refractivity contribution is 0.0359. The number of hydrogen-bond acceptors (Lipinski definition) is 7. The van der Waals surface area contributed by atoms with E-state index in [1.807, 2.05) is 30.7 Å². The molecule has 9 nitrogen and oxygen atoms in total. The summed E-state index contributed by atoms with van der Waals surface area (Å²) in [6.07, 6.45) is 1.49. The number of esters is 1. The van der Waals surface area contributed by atoms with Gasteiger partial charge in [0.1, 0.15) is 5.69 Å². The SMILES string of the molecule is CCOC(=O)c1[nH]c2c(-c3c(CO)nn(CCN4CCOCC4)c3C)cccc2c1CCCO[Si](C)(C)C(C)(C)C. The average molecular weight is 585 g/mol. The van der Waals surface area contributed by atoms with E-state index in [0.717, 1.165) is 79.1 Å². The van der Waals surface area contributed by atoms with Crippen LogP contribution in [0.25, 0.3) is 22.0 Å². The van der Waals surface area contributed by atoms with Gasteiger partial charge in [-0.25, -0.2) is 4.79 Å². The predicted molar refractivity (Wildman–Crippen MR) is 165 cm³/mol. The van der Waals surface area contributed by atoms with Crippen LogP contribution in [0, 0.1) is 6.92 Å². The summed E-state index contributed by atoms with van der Waals surface area (Å²) >= 11 is 0. The number of benzene rings is 1. The molecule has 1 fully saturated rings. The molecule has 2 N–H and O–H groups in total. The highest BCUT2D eigenvalue weighted by molar-refractivity contribution is 6.74. The summed E-state index contributed by atoms with van der Waals surface area (Å²) in [5.41, 5.74) is 5.76. The number of nitrogens with one attached hydrogen (secondary N) is 1. The molecule has 0 radical (unpaired) electrons. The minimum atomic E-state index is -1.86. The van der Waals surface area contributed by atoms with E-state index in [1.54, 1.807) is 0 Å². The van der Waals surface area contributed by atoms with Crippen LogP contribution < -0.4 is 0 Å². The molecular weight excluding hydrogens is 536 g/mol. The molecule has 1 aliphatic rings. The van der Waals surface area contributed by atoms with Gasteiger partial charge in [0, 0.05) is 48.4 Å². The molecule has 1 aromatic carbocycles. The summed E-state index contributed by atoms with van der Waals surface area (Å²) in [6, 6.07) is 6.11. The number of aromatic amines is 1. The van der Waals surface area contributed by atoms with E-state index >= 15 is 0 Å². The van der Waals surface area contributed by atoms with Crippen molar-refractivity contribution < 1.29 is 23.8 Å². The zero-order valence-electron chi connectivity index (χ0n) is 25.9. The number of carbonyl (C=O) groups excluding carboxylic acids is 1. The maximum atomic E-state index is 13.1. The molecule has 10 heteroatoms. The van der Waals surface area contributed by atoms with Crippen molar-refractivity contribution in [3.8, 4) is 11.1 Å². The third kappa shape index (κ3) is 6.94. The third-order valence-electron chi connectivity index (χ3n) is 8.69. The molecule has 3 aromatic rings. The smallest absolute Gasteiger partial charge is 0.355 e. The quantitative estimate of drug-likeness (QED) is 0.169. The Morgan fingerprint density at radius 1 is 1.20 bits per heavy atom. The third-order valence-corrected chi connectivity index (χ3v) is 13.2. The lowest BCUT2D eigenvalue weighted by Crippen LogP contribution is -2.41. The van der Waals surface area contributed by atoms with Crippen molar-refractivity contribution in [3.63, 3.8) is 0 Å². The van der Waals surface area contributed by atoms with Crippen LogP contribution in [-0.2, 0) is 33.5 Å². The van der Waals surface area contributed by atoms with Crippen molar-refractivity contribution in [2.75, 3.05) is 46.1 Å². The van der Waals surface area contributed by atoms with Crippen molar-refractivity contribution in [2.24, 2.45) is 0 Å². The van der Waals surface area contributed by atoms with E-state index in [1.165, 1.54) is 0 Å². The summed E-state index contributed by atoms with van der Waals surface area (Å²) < 4.78 is 19.3. The molecule has 3 heterocycles. The Bertz CT molecular complexity index is 1330. The second kappa shape index (κ2) is 13.2. The predicted octanol–water partition coefficient (Wildman–Crippen LogP) is 5.30. The first-order chi connectivity index (χ1) is 19.5. The second-order valence-corrected chi connectivity index (χ2v) is 17.2. The molecule has 2 aromatic heterocycles. The highest BCUT2D eigenvalue weighted by Crippen LogP contribution is 2.38. The fourth-order valence-corrected chi connectivity index (χ4v) is 6.35. The number of aliphatic hydroxyl groups excluding tert-OH is 1. The molecule has 226 valence electrons. The van der Waals surface area contributed by atoms with Gasteiger partial charge in [-0.2, -0.15) is 5.10 Å². The number of ether oxygens (including phenoxy) is 2. The summed E-state index contributed by atoms with van der Waals surface area (Å²) in [5, 5.41) is 16.2. The standard InChI is InChI=1S/C31H48N4O5Si/c1-8-39-30(37)29-24(13-10-18-40-41(6,7)31(3,4)5)23-11-9-12-25(28(23)32-29)27-22(2)35(33-26(27)21-36)15-14-34-16-19-38-20-17-34/h9,11-12,32,36H,8,10,13-21H2,1-7H3. The van der Waals surface area contributed by atoms with Gasteiger partial charge in [0.25, 0.3) is 0 Å². The maximum Gasteiger partial charge on any atom is 0.355 e. The second-order valence-electron chi connectivity index (χ2n) is 12.4. The lowest BCUT2D eigenvalue weighted by Gasteiger charge is -2.36. The first kappa shape index (κ1) is 31.4. The van der Waals surface area contributed by atoms with Crippen molar-refractivity contribution in [1.29, 1.82) is 0 Å². The van der Waals surface area contributed by atoms with Crippen LogP contribution in [0.2, 0.25) is 18.1 Å². The van der Waals surface area contributed by atoms with Crippen LogP contribution in [-0.4, -0.2) is 85.1 Å². The Labute approximate surface area is 245 Å². The number of rotatable bonds is 12. The van der Waals surface area contributed by atoms with E-state index < -0.39 is 8.32 Å². The summed E-state index contributed by atoms with van der Waals surface area (Å²) in [4.78, 5) is 18.9. The van der Waals surface area contributed by atoms with Gasteiger partial charge < -0.3 is 24.0 Å². The molecule has 0 amide bonds. The minimum absolute atomic E-state index is 0.147. The topological polar surface area (TPSA) is 102 Å². The lowest BCUT2D eigenvalue weighted by atomic mass is 9.98. The van der Waals surface area contributed by atoms with Gasteiger partial charge in [0.05, 0.1) is 44.2 Å². The van der Waals surface area contributed by atoms with Crippen LogP contribution in [0.1, 0.15) is 61.6 Å². The number of fused-ring (bicyclic) bond motifs is 1. The summed E-state index contributed by atoms with van der Waals surface area (Å²) in [6.45, 7) is 20.9. The highest BCUT2D eigenvalue weighted by Gasteiger charge is 2.37. The molecule has 1 aliphatic heterocycles. The van der Waals surface area contributed by atoms with E-state index in [4.69, 9.17) is 19.0 Å². The monoisotopic (exact) mass is 584 g/mol. The molecular formula is C31H48N4O5Si. The van der Waals surface area contributed by atoms with Gasteiger partial charge in [0.2, 0.25) is 0 Å². The van der Waals surface area contributed by atoms with Crippen LogP contribution in [0.3, 0.4) is 0 Å². The fourth-order valence-electron chi connectivity index (χ4n) is 5.26. The average Bonchev–Trinajstić information content (AvgIpc) is 3.47. The molecule has 0 bridgehead atoms. The molecule has 0 aliphatic carbocycles. The number of aryl methyl sites for hydroxylation is 1. The van der Waals surface area contributed by atoms with E-state index in [2.05, 4.69) is 49.8 Å². The maximum absolute atomic E-state index is 13.1. The summed E-state index contributed by atoms with van der Waals surface area (Å²) in [7, 11) is -1.86. The van der Waals surface area contributed by atoms with Crippen LogP contribution in [0.15, 0.2) is 18.2 Å². The van der Waals surface area contributed by atoms with Gasteiger partial charge in [0.15, 0.2) is 8.32 Å². The Hall–Kier alpha value is -2.50. The molecule has 0 saturated carbocycles. The number of aliphatic hydroxyl groups is 1. The van der Waals surface area contributed by atoms with Gasteiger partial charge in [-0.1, -0.05) is 39.0 Å². The first-order valence-electron chi connectivity index (χ1n) is 14.9. The number of H-pyrrole nitrogens is 1. The zero-order valence-corrected chi connectivity index (χ0v) is 26.9. The fraction of sp³-hybridized carbons (Fsp3) is 0.613. The molecule has 0 spiro atoms. The van der Waals surface area contributed by atoms with E-state index in [9.17, 15) is 9.90 Å². The minimum Gasteiger partial charge on any atom is -0.461 e. The van der Waals surface area contributed by atoms with Gasteiger partial charge >= 0.3 is 5.97 Å². The van der Waals surface area contributed by atoms with E-state index in [0.29, 0.717) is 31.0 Å². The number of hydrogen-bond donors (Lipinski definition) is 2. The molecule has 1 saturated heterocycles. The Morgan fingerprint density at radius 3 is 2.59 bits per heavy atom. The molecule has 41 heavy (non-hydrogen) atoms. The van der Waals surface area contributed by atoms with Crippen molar-refractivity contribution >= 4 is 25.2 Å². The highest BCUT2D eigenvalue weighted by atomic mass is 28.4.